The molecule has 1 fully saturated rings. The third-order valence-electron chi connectivity index (χ3n) is 3.64. The molecule has 2 rings (SSSR count). The molecule has 20 heavy (non-hydrogen) atoms. The van der Waals surface area contributed by atoms with Crippen LogP contribution in [0, 0.1) is 17.2 Å². The van der Waals surface area contributed by atoms with E-state index in [0.717, 1.165) is 19.3 Å². The summed E-state index contributed by atoms with van der Waals surface area (Å²) >= 11 is 0. The van der Waals surface area contributed by atoms with E-state index in [1.165, 1.54) is 22.6 Å². The number of aromatic nitrogens is 1. The minimum absolute atomic E-state index is 0.000208. The van der Waals surface area contributed by atoms with Crippen LogP contribution in [0.2, 0.25) is 0 Å². The number of rotatable bonds is 4. The lowest BCUT2D eigenvalue weighted by Gasteiger charge is -2.31. The van der Waals surface area contributed by atoms with E-state index in [2.05, 4.69) is 4.98 Å². The van der Waals surface area contributed by atoms with Crippen LogP contribution in [-0.2, 0) is 10.0 Å². The molecule has 0 bridgehead atoms. The molecule has 2 N–H and O–H groups in total. The fourth-order valence-corrected chi connectivity index (χ4v) is 4.06. The van der Waals surface area contributed by atoms with Gasteiger partial charge in [0.25, 0.3) is 0 Å². The zero-order chi connectivity index (χ0) is 14.6. The van der Waals surface area contributed by atoms with Gasteiger partial charge in [-0.2, -0.15) is 9.57 Å². The first-order chi connectivity index (χ1) is 9.59. The van der Waals surface area contributed by atoms with Crippen molar-refractivity contribution in [3.05, 3.63) is 24.0 Å². The van der Waals surface area contributed by atoms with Crippen molar-refractivity contribution in [1.82, 2.24) is 9.29 Å². The van der Waals surface area contributed by atoms with Gasteiger partial charge in [0.1, 0.15) is 11.0 Å². The van der Waals surface area contributed by atoms with E-state index >= 15 is 0 Å². The normalized spacial score (nSPS) is 17.8. The van der Waals surface area contributed by atoms with E-state index in [1.54, 1.807) is 0 Å². The molecule has 6 nitrogen and oxygen atoms in total. The summed E-state index contributed by atoms with van der Waals surface area (Å²) in [6.07, 6.45) is 3.99. The maximum absolute atomic E-state index is 12.5. The predicted octanol–water partition coefficient (Wildman–Crippen LogP) is 0.703. The number of nitrogens with two attached hydrogens (primary N) is 1. The maximum atomic E-state index is 12.5. The van der Waals surface area contributed by atoms with Gasteiger partial charge < -0.3 is 5.73 Å². The fraction of sp³-hybridized carbons (Fsp3) is 0.538. The zero-order valence-corrected chi connectivity index (χ0v) is 12.0. The summed E-state index contributed by atoms with van der Waals surface area (Å²) in [5, 5.41) is 8.98. The Labute approximate surface area is 119 Å². The van der Waals surface area contributed by atoms with Crippen molar-refractivity contribution in [2.24, 2.45) is 11.7 Å². The van der Waals surface area contributed by atoms with Crippen LogP contribution < -0.4 is 5.73 Å². The van der Waals surface area contributed by atoms with Crippen molar-refractivity contribution < 1.29 is 8.42 Å². The highest BCUT2D eigenvalue weighted by atomic mass is 32.2. The molecule has 0 atom stereocenters. The number of hydrogen-bond acceptors (Lipinski definition) is 5. The van der Waals surface area contributed by atoms with Gasteiger partial charge in [-0.25, -0.2) is 13.4 Å². The third kappa shape index (κ3) is 2.98. The van der Waals surface area contributed by atoms with E-state index in [1.807, 2.05) is 6.07 Å². The maximum Gasteiger partial charge on any atom is 0.245 e. The smallest absolute Gasteiger partial charge is 0.245 e. The molecule has 0 aromatic carbocycles. The van der Waals surface area contributed by atoms with E-state index in [4.69, 9.17) is 11.0 Å². The fourth-order valence-electron chi connectivity index (χ4n) is 2.50. The van der Waals surface area contributed by atoms with Crippen molar-refractivity contribution in [3.8, 4) is 6.07 Å². The number of hydrogen-bond donors (Lipinski definition) is 1. The van der Waals surface area contributed by atoms with Crippen LogP contribution in [0.3, 0.4) is 0 Å². The Morgan fingerprint density at radius 3 is 2.75 bits per heavy atom. The van der Waals surface area contributed by atoms with Gasteiger partial charge >= 0.3 is 0 Å². The molecule has 0 spiro atoms. The Kier molecular flexibility index (Phi) is 4.70. The van der Waals surface area contributed by atoms with Crippen molar-refractivity contribution in [3.63, 3.8) is 0 Å². The Morgan fingerprint density at radius 1 is 1.45 bits per heavy atom. The van der Waals surface area contributed by atoms with Crippen LogP contribution in [0.5, 0.6) is 0 Å². The molecule has 0 unspecified atom stereocenters. The molecule has 0 aliphatic carbocycles. The minimum Gasteiger partial charge on any atom is -0.330 e. The summed E-state index contributed by atoms with van der Waals surface area (Å²) < 4.78 is 26.5. The second-order valence-corrected chi connectivity index (χ2v) is 6.79. The average molecular weight is 294 g/mol. The number of nitriles is 1. The van der Waals surface area contributed by atoms with Crippen molar-refractivity contribution in [1.29, 1.82) is 5.26 Å². The molecule has 7 heteroatoms. The third-order valence-corrected chi connectivity index (χ3v) is 5.57. The number of piperidine rings is 1. The summed E-state index contributed by atoms with van der Waals surface area (Å²) in [6.45, 7) is 1.60. The molecule has 2 heterocycles. The van der Waals surface area contributed by atoms with Crippen molar-refractivity contribution in [2.75, 3.05) is 19.6 Å². The summed E-state index contributed by atoms with van der Waals surface area (Å²) in [6, 6.07) is 4.81. The Bertz CT molecular complexity index is 601. The van der Waals surface area contributed by atoms with Gasteiger partial charge in [-0.3, -0.25) is 0 Å². The van der Waals surface area contributed by atoms with E-state index in [-0.39, 0.29) is 10.6 Å². The molecule has 108 valence electrons. The lowest BCUT2D eigenvalue weighted by molar-refractivity contribution is 0.265. The lowest BCUT2D eigenvalue weighted by Crippen LogP contribution is -2.39. The van der Waals surface area contributed by atoms with Crippen LogP contribution >= 0.6 is 0 Å². The van der Waals surface area contributed by atoms with Crippen LogP contribution in [-0.4, -0.2) is 37.3 Å². The number of nitrogens with zero attached hydrogens (tertiary/aromatic N) is 3. The molecule has 1 aliphatic rings. The highest BCUT2D eigenvalue weighted by Gasteiger charge is 2.31. The average Bonchev–Trinajstić information content (AvgIpc) is 2.48. The Hall–Kier alpha value is -1.49. The highest BCUT2D eigenvalue weighted by Crippen LogP contribution is 2.26. The van der Waals surface area contributed by atoms with Crippen molar-refractivity contribution >= 4 is 10.0 Å². The summed E-state index contributed by atoms with van der Waals surface area (Å²) in [5.74, 6) is 0.496. The van der Waals surface area contributed by atoms with Crippen LogP contribution in [0.15, 0.2) is 23.2 Å². The summed E-state index contributed by atoms with van der Waals surface area (Å²) in [4.78, 5) is 3.82. The molecular formula is C13H18N4O2S. The second kappa shape index (κ2) is 6.31. The number of pyridine rings is 1. The first-order valence-electron chi connectivity index (χ1n) is 6.65. The molecule has 1 aromatic heterocycles. The van der Waals surface area contributed by atoms with Gasteiger partial charge in [-0.05, 0) is 43.9 Å². The first-order valence-corrected chi connectivity index (χ1v) is 8.09. The molecule has 1 saturated heterocycles. The molecule has 1 aromatic rings. The quantitative estimate of drug-likeness (QED) is 0.881. The van der Waals surface area contributed by atoms with E-state index < -0.39 is 10.0 Å². The van der Waals surface area contributed by atoms with Crippen LogP contribution in [0.4, 0.5) is 0 Å². The predicted molar refractivity (Wildman–Crippen MR) is 74.1 cm³/mol. The van der Waals surface area contributed by atoms with E-state index in [9.17, 15) is 8.42 Å². The zero-order valence-electron chi connectivity index (χ0n) is 11.2. The monoisotopic (exact) mass is 294 g/mol. The Morgan fingerprint density at radius 2 is 2.15 bits per heavy atom. The van der Waals surface area contributed by atoms with Crippen LogP contribution in [0.25, 0.3) is 0 Å². The highest BCUT2D eigenvalue weighted by molar-refractivity contribution is 7.89. The van der Waals surface area contributed by atoms with Gasteiger partial charge in [0.05, 0.1) is 0 Å². The topological polar surface area (TPSA) is 100 Å². The molecule has 0 saturated carbocycles. The van der Waals surface area contributed by atoms with Gasteiger partial charge in [-0.15, -0.1) is 0 Å². The largest absolute Gasteiger partial charge is 0.330 e. The molecule has 0 radical (unpaired) electrons. The van der Waals surface area contributed by atoms with E-state index in [0.29, 0.717) is 25.6 Å². The lowest BCUT2D eigenvalue weighted by atomic mass is 9.95. The second-order valence-electron chi connectivity index (χ2n) is 4.89. The first kappa shape index (κ1) is 14.9. The molecule has 0 amide bonds. The summed E-state index contributed by atoms with van der Waals surface area (Å²) in [7, 11) is -3.63. The van der Waals surface area contributed by atoms with Crippen molar-refractivity contribution in [2.45, 2.75) is 24.2 Å². The van der Waals surface area contributed by atoms with Gasteiger partial charge in [0, 0.05) is 19.3 Å². The van der Waals surface area contributed by atoms with Crippen LogP contribution in [0.1, 0.15) is 25.0 Å². The molecule has 1 aliphatic heterocycles. The Balaban J connectivity index is 2.18. The standard InChI is InChI=1S/C13H18N4O2S/c14-6-3-11-4-8-17(9-5-11)20(18,19)13-2-1-7-16-12(13)10-15/h1-2,7,11H,3-6,8-9,14H2. The SMILES string of the molecule is N#Cc1ncccc1S(=O)(=O)N1CCC(CCN)CC1. The molecular weight excluding hydrogens is 276 g/mol. The van der Waals surface area contributed by atoms with Gasteiger partial charge in [-0.1, -0.05) is 0 Å². The van der Waals surface area contributed by atoms with Gasteiger partial charge in [0.15, 0.2) is 5.69 Å². The number of sulfonamides is 1. The van der Waals surface area contributed by atoms with Gasteiger partial charge in [0.2, 0.25) is 10.0 Å². The summed E-state index contributed by atoms with van der Waals surface area (Å²) in [5.41, 5.74) is 5.49. The minimum atomic E-state index is -3.63.